The fraction of sp³-hybridized carbons (Fsp3) is 0.250. The molecule has 7 nitrogen and oxygen atoms in total. The minimum Gasteiger partial charge on any atom is -0.744 e. The smallest absolute Gasteiger partial charge is 0.744 e. The van der Waals surface area contributed by atoms with E-state index in [9.17, 15) is 25.9 Å². The van der Waals surface area contributed by atoms with Gasteiger partial charge in [-0.25, -0.2) is 8.42 Å². The van der Waals surface area contributed by atoms with Crippen molar-refractivity contribution in [3.05, 3.63) is 129 Å². The Morgan fingerprint density at radius 3 is 2.06 bits per heavy atom. The molecule has 0 unspecified atom stereocenters. The molecule has 4 aromatic rings. The van der Waals surface area contributed by atoms with Gasteiger partial charge in [0.2, 0.25) is 0 Å². The molecule has 11 heteroatoms. The number of anilines is 1. The summed E-state index contributed by atoms with van der Waals surface area (Å²) in [5, 5.41) is 4.06. The quantitative estimate of drug-likeness (QED) is 0.188. The Labute approximate surface area is 347 Å². The monoisotopic (exact) mass is 765 g/mol. The van der Waals surface area contributed by atoms with Gasteiger partial charge in [0, 0.05) is 34.3 Å². The van der Waals surface area contributed by atoms with Crippen LogP contribution in [0.4, 0.5) is 5.69 Å². The van der Waals surface area contributed by atoms with E-state index in [2.05, 4.69) is 63.8 Å². The summed E-state index contributed by atoms with van der Waals surface area (Å²) in [6.07, 6.45) is 10.1. The standard InChI is InChI=1S/C40H38ClNO6S2.K/c1-23-30-15-9-26-21-28(49(43,44)45)13-16-31(26)36(30)39(2,3)33(23)18-10-24-7-8-25(38(24)41)12-20-35-40(4,5)37-32-17-14-29(50(46,47)48)22-27(32)11-19-34(37)42(35)6;/h9-22H,7-8H2,1-6H3,(H,43,44,45)(H,46,47,48);/q;+1/p-1/b18-10?,25-12+,35-20?;. The fourth-order valence-electron chi connectivity index (χ4n) is 8.29. The normalized spacial score (nSPS) is 20.0. The first-order valence-corrected chi connectivity index (χ1v) is 19.6. The van der Waals surface area contributed by atoms with E-state index in [0.29, 0.717) is 5.39 Å². The van der Waals surface area contributed by atoms with Crippen molar-refractivity contribution in [1.29, 1.82) is 0 Å². The van der Waals surface area contributed by atoms with Crippen LogP contribution in [0.2, 0.25) is 0 Å². The predicted molar refractivity (Wildman–Crippen MR) is 200 cm³/mol. The van der Waals surface area contributed by atoms with Gasteiger partial charge >= 0.3 is 51.4 Å². The Kier molecular flexibility index (Phi) is 9.93. The molecule has 4 aromatic carbocycles. The van der Waals surface area contributed by atoms with Gasteiger partial charge in [0.15, 0.2) is 0 Å². The Hall–Kier alpha value is -2.35. The number of allylic oxidation sites excluding steroid dienone is 10. The number of nitrogens with zero attached hydrogens (tertiary/aromatic N) is 1. The van der Waals surface area contributed by atoms with Crippen molar-refractivity contribution in [2.75, 3.05) is 11.9 Å². The molecular weight excluding hydrogens is 729 g/mol. The molecule has 258 valence electrons. The second-order valence-corrected chi connectivity index (χ2v) is 17.6. The van der Waals surface area contributed by atoms with E-state index in [-0.39, 0.29) is 66.6 Å². The van der Waals surface area contributed by atoms with Gasteiger partial charge in [-0.3, -0.25) is 4.55 Å². The largest absolute Gasteiger partial charge is 1.00 e. The van der Waals surface area contributed by atoms with Gasteiger partial charge < -0.3 is 9.45 Å². The molecule has 3 aliphatic rings. The van der Waals surface area contributed by atoms with Crippen molar-refractivity contribution in [2.45, 2.75) is 68.1 Å². The fourth-order valence-corrected chi connectivity index (χ4v) is 9.63. The number of hydrogen-bond donors (Lipinski definition) is 1. The van der Waals surface area contributed by atoms with Crippen molar-refractivity contribution in [3.63, 3.8) is 0 Å². The van der Waals surface area contributed by atoms with Crippen molar-refractivity contribution in [3.8, 4) is 0 Å². The second-order valence-electron chi connectivity index (χ2n) is 14.4. The van der Waals surface area contributed by atoms with Crippen LogP contribution >= 0.6 is 11.6 Å². The molecule has 0 bridgehead atoms. The van der Waals surface area contributed by atoms with E-state index < -0.39 is 25.7 Å². The zero-order valence-electron chi connectivity index (χ0n) is 29.6. The molecule has 0 amide bonds. The Bertz CT molecular complexity index is 2580. The van der Waals surface area contributed by atoms with Gasteiger partial charge in [-0.05, 0) is 117 Å². The number of likely N-dealkylation sites (N-methyl/N-ethyl adjacent to an activating group) is 1. The maximum atomic E-state index is 11.8. The van der Waals surface area contributed by atoms with Crippen LogP contribution in [0, 0.1) is 0 Å². The first kappa shape index (κ1) is 38.4. The van der Waals surface area contributed by atoms with Gasteiger partial charge in [0.05, 0.1) is 9.79 Å². The number of benzene rings is 4. The molecule has 0 saturated heterocycles. The van der Waals surface area contributed by atoms with Crippen molar-refractivity contribution >= 4 is 64.6 Å². The van der Waals surface area contributed by atoms with Gasteiger partial charge in [0.25, 0.3) is 10.1 Å². The molecule has 0 atom stereocenters. The third-order valence-electron chi connectivity index (χ3n) is 10.8. The van der Waals surface area contributed by atoms with Gasteiger partial charge in [-0.1, -0.05) is 87.9 Å². The molecule has 1 heterocycles. The third-order valence-corrected chi connectivity index (χ3v) is 12.9. The van der Waals surface area contributed by atoms with Crippen LogP contribution in [-0.4, -0.2) is 33.0 Å². The van der Waals surface area contributed by atoms with E-state index in [0.717, 1.165) is 84.4 Å². The minimum absolute atomic E-state index is 0. The Balaban J connectivity index is 0.00000448. The van der Waals surface area contributed by atoms with Crippen molar-refractivity contribution in [1.82, 2.24) is 0 Å². The summed E-state index contributed by atoms with van der Waals surface area (Å²) in [6.45, 7) is 10.7. The molecular formula is C40H37ClKNO6S2. The van der Waals surface area contributed by atoms with Crippen LogP contribution in [0.5, 0.6) is 0 Å². The first-order valence-electron chi connectivity index (χ1n) is 16.3. The molecule has 1 N–H and O–H groups in total. The Morgan fingerprint density at radius 2 is 1.41 bits per heavy atom. The zero-order chi connectivity index (χ0) is 36.1. The average molecular weight is 766 g/mol. The van der Waals surface area contributed by atoms with Crippen LogP contribution in [-0.2, 0) is 31.1 Å². The predicted octanol–water partition coefficient (Wildman–Crippen LogP) is 6.29. The molecule has 0 saturated carbocycles. The number of rotatable bonds is 5. The number of fused-ring (bicyclic) bond motifs is 6. The molecule has 0 radical (unpaired) electrons. The first-order chi connectivity index (χ1) is 23.3. The van der Waals surface area contributed by atoms with Crippen molar-refractivity contribution in [2.24, 2.45) is 0 Å². The summed E-state index contributed by atoms with van der Waals surface area (Å²) < 4.78 is 68.1. The summed E-state index contributed by atoms with van der Waals surface area (Å²) in [5.74, 6) is 0. The van der Waals surface area contributed by atoms with Crippen LogP contribution in [0.15, 0.2) is 122 Å². The topological polar surface area (TPSA) is 115 Å². The number of halogens is 1. The zero-order valence-corrected chi connectivity index (χ0v) is 35.1. The van der Waals surface area contributed by atoms with Crippen LogP contribution in [0.25, 0.3) is 27.1 Å². The maximum Gasteiger partial charge on any atom is 1.00 e. The van der Waals surface area contributed by atoms with Gasteiger partial charge in [-0.15, -0.1) is 0 Å². The van der Waals surface area contributed by atoms with E-state index in [1.807, 2.05) is 31.3 Å². The summed E-state index contributed by atoms with van der Waals surface area (Å²) in [5.41, 5.74) is 9.08. The van der Waals surface area contributed by atoms with Crippen molar-refractivity contribution < 1.29 is 77.3 Å². The molecule has 0 aromatic heterocycles. The molecule has 2 aliphatic carbocycles. The summed E-state index contributed by atoms with van der Waals surface area (Å²) >= 11 is 7.02. The third kappa shape index (κ3) is 6.39. The minimum atomic E-state index is -4.56. The average Bonchev–Trinajstić information content (AvgIpc) is 3.56. The van der Waals surface area contributed by atoms with E-state index in [1.165, 1.54) is 24.3 Å². The summed E-state index contributed by atoms with van der Waals surface area (Å²) in [6, 6.07) is 17.1. The molecule has 0 fully saturated rings. The SMILES string of the molecule is CC1=C(C=CC2=C(Cl)/C(=C/C=C3N(C)c4ccc5cc(S(=O)(=O)[O-])ccc5c4C3(C)C)CC2)C(C)(C)c2c1ccc1cc(S(=O)(=O)O)ccc21.[K+]. The Morgan fingerprint density at radius 1 is 0.804 bits per heavy atom. The van der Waals surface area contributed by atoms with Crippen LogP contribution < -0.4 is 56.3 Å². The van der Waals surface area contributed by atoms with Gasteiger partial charge in [-0.2, -0.15) is 8.42 Å². The number of hydrogen-bond acceptors (Lipinski definition) is 6. The van der Waals surface area contributed by atoms with E-state index in [1.54, 1.807) is 12.1 Å². The van der Waals surface area contributed by atoms with E-state index in [4.69, 9.17) is 11.6 Å². The molecule has 1 aliphatic heterocycles. The summed E-state index contributed by atoms with van der Waals surface area (Å²) in [7, 11) is -6.84. The van der Waals surface area contributed by atoms with Gasteiger partial charge in [0.1, 0.15) is 10.1 Å². The molecule has 0 spiro atoms. The summed E-state index contributed by atoms with van der Waals surface area (Å²) in [4.78, 5) is 1.80. The molecule has 7 rings (SSSR count). The van der Waals surface area contributed by atoms with Crippen LogP contribution in [0.3, 0.4) is 0 Å². The second kappa shape index (κ2) is 13.2. The molecule has 51 heavy (non-hydrogen) atoms. The maximum absolute atomic E-state index is 11.8. The van der Waals surface area contributed by atoms with E-state index >= 15 is 0 Å². The van der Waals surface area contributed by atoms with Crippen LogP contribution in [0.1, 0.15) is 64.2 Å².